The van der Waals surface area contributed by atoms with Crippen LogP contribution >= 0.6 is 0 Å². The van der Waals surface area contributed by atoms with Gasteiger partial charge in [-0.1, -0.05) is 36.4 Å². The summed E-state index contributed by atoms with van der Waals surface area (Å²) in [5.74, 6) is -0.537. The third-order valence-electron chi connectivity index (χ3n) is 5.34. The lowest BCUT2D eigenvalue weighted by Crippen LogP contribution is -2.26. The average molecular weight is 406 g/mol. The molecule has 0 unspecified atom stereocenters. The molecular weight excluding hydrogens is 383 g/mol. The van der Waals surface area contributed by atoms with Gasteiger partial charge in [0.05, 0.1) is 12.5 Å². The second-order valence-electron chi connectivity index (χ2n) is 7.40. The van der Waals surface area contributed by atoms with Crippen LogP contribution in [0.3, 0.4) is 0 Å². The number of nitrogens with zero attached hydrogens (tertiary/aromatic N) is 1. The number of rotatable bonds is 4. The lowest BCUT2D eigenvalue weighted by molar-refractivity contribution is -0.124. The highest BCUT2D eigenvalue weighted by atomic mass is 19.1. The van der Waals surface area contributed by atoms with Gasteiger partial charge in [0.25, 0.3) is 5.56 Å². The summed E-state index contributed by atoms with van der Waals surface area (Å²) in [5.41, 5.74) is 3.51. The van der Waals surface area contributed by atoms with E-state index in [0.29, 0.717) is 17.7 Å². The number of carbonyl (C=O) groups is 1. The van der Waals surface area contributed by atoms with Crippen molar-refractivity contribution in [3.8, 4) is 11.1 Å². The SMILES string of the molecule is CCNC(=O)C[C@@H]1O[C@@H](c2ccccc2)c2cc(F)ccc2-c2cn(C)c(=O)cc21. The van der Waals surface area contributed by atoms with Crippen molar-refractivity contribution in [2.45, 2.75) is 25.6 Å². The number of aromatic nitrogens is 1. The minimum Gasteiger partial charge on any atom is -0.360 e. The molecule has 2 atom stereocenters. The van der Waals surface area contributed by atoms with Crippen LogP contribution in [0.1, 0.15) is 42.2 Å². The standard InChI is InChI=1S/C24H23FN2O3/c1-3-26-22(28)13-21-18-12-23(29)27(2)14-20(18)17-10-9-16(25)11-19(17)24(30-21)15-7-5-4-6-8-15/h4-12,14,21,24H,3,13H2,1-2H3,(H,26,28)/t21-,24-/m0/s1. The normalized spacial score (nSPS) is 17.6. The number of carbonyl (C=O) groups excluding carboxylic acids is 1. The first-order valence-corrected chi connectivity index (χ1v) is 9.95. The van der Waals surface area contributed by atoms with Crippen molar-refractivity contribution in [2.24, 2.45) is 7.05 Å². The molecule has 4 rings (SSSR count). The fourth-order valence-corrected chi connectivity index (χ4v) is 3.92. The molecule has 3 aromatic rings. The summed E-state index contributed by atoms with van der Waals surface area (Å²) in [6, 6.07) is 15.6. The minimum atomic E-state index is -0.652. The molecule has 2 heterocycles. The summed E-state index contributed by atoms with van der Waals surface area (Å²) in [4.78, 5) is 24.8. The maximum absolute atomic E-state index is 14.3. The summed E-state index contributed by atoms with van der Waals surface area (Å²) in [5, 5.41) is 2.79. The molecule has 1 aliphatic rings. The van der Waals surface area contributed by atoms with Gasteiger partial charge in [-0.05, 0) is 41.3 Å². The van der Waals surface area contributed by atoms with Crippen molar-refractivity contribution >= 4 is 5.91 Å². The van der Waals surface area contributed by atoms with Crippen LogP contribution in [0.25, 0.3) is 11.1 Å². The number of benzene rings is 2. The van der Waals surface area contributed by atoms with Gasteiger partial charge in [-0.25, -0.2) is 4.39 Å². The van der Waals surface area contributed by atoms with E-state index >= 15 is 0 Å². The molecular formula is C24H23FN2O3. The molecule has 0 saturated heterocycles. The highest BCUT2D eigenvalue weighted by molar-refractivity contribution is 5.78. The van der Waals surface area contributed by atoms with Crippen LogP contribution in [-0.4, -0.2) is 17.0 Å². The second kappa shape index (κ2) is 8.24. The van der Waals surface area contributed by atoms with Crippen LogP contribution in [0.2, 0.25) is 0 Å². The van der Waals surface area contributed by atoms with Crippen molar-refractivity contribution in [3.05, 3.63) is 93.7 Å². The molecule has 0 spiro atoms. The van der Waals surface area contributed by atoms with Gasteiger partial charge >= 0.3 is 0 Å². The van der Waals surface area contributed by atoms with E-state index in [-0.39, 0.29) is 23.7 Å². The fourth-order valence-electron chi connectivity index (χ4n) is 3.92. The van der Waals surface area contributed by atoms with E-state index < -0.39 is 12.2 Å². The van der Waals surface area contributed by atoms with E-state index in [9.17, 15) is 14.0 Å². The zero-order chi connectivity index (χ0) is 21.3. The summed E-state index contributed by atoms with van der Waals surface area (Å²) in [6.45, 7) is 2.35. The Morgan fingerprint density at radius 1 is 1.10 bits per heavy atom. The molecule has 2 aromatic carbocycles. The molecule has 1 aliphatic heterocycles. The molecule has 30 heavy (non-hydrogen) atoms. The van der Waals surface area contributed by atoms with Gasteiger partial charge in [-0.3, -0.25) is 9.59 Å². The Morgan fingerprint density at radius 2 is 1.87 bits per heavy atom. The van der Waals surface area contributed by atoms with E-state index in [2.05, 4.69) is 5.32 Å². The van der Waals surface area contributed by atoms with Gasteiger partial charge in [-0.15, -0.1) is 0 Å². The lowest BCUT2D eigenvalue weighted by Gasteiger charge is -2.24. The van der Waals surface area contributed by atoms with Crippen molar-refractivity contribution in [3.63, 3.8) is 0 Å². The molecule has 0 fully saturated rings. The zero-order valence-electron chi connectivity index (χ0n) is 16.9. The van der Waals surface area contributed by atoms with E-state index in [1.54, 1.807) is 19.3 Å². The number of nitrogens with one attached hydrogen (secondary N) is 1. The quantitative estimate of drug-likeness (QED) is 0.715. The van der Waals surface area contributed by atoms with Gasteiger partial charge in [0.2, 0.25) is 5.91 Å². The summed E-state index contributed by atoms with van der Waals surface area (Å²) < 4.78 is 22.2. The molecule has 0 aliphatic carbocycles. The van der Waals surface area contributed by atoms with Crippen LogP contribution in [-0.2, 0) is 16.6 Å². The first kappa shape index (κ1) is 20.0. The predicted molar refractivity (Wildman–Crippen MR) is 112 cm³/mol. The highest BCUT2D eigenvalue weighted by Gasteiger charge is 2.32. The predicted octanol–water partition coefficient (Wildman–Crippen LogP) is 3.88. The number of pyridine rings is 1. The van der Waals surface area contributed by atoms with Gasteiger partial charge < -0.3 is 14.6 Å². The molecule has 0 radical (unpaired) electrons. The smallest absolute Gasteiger partial charge is 0.250 e. The van der Waals surface area contributed by atoms with Crippen LogP contribution in [0.15, 0.2) is 65.6 Å². The van der Waals surface area contributed by atoms with Gasteiger partial charge in [-0.2, -0.15) is 0 Å². The van der Waals surface area contributed by atoms with E-state index in [1.165, 1.54) is 22.8 Å². The lowest BCUT2D eigenvalue weighted by atomic mass is 9.91. The van der Waals surface area contributed by atoms with Crippen LogP contribution in [0, 0.1) is 5.82 Å². The van der Waals surface area contributed by atoms with E-state index in [4.69, 9.17) is 4.74 Å². The second-order valence-corrected chi connectivity index (χ2v) is 7.40. The van der Waals surface area contributed by atoms with Gasteiger partial charge in [0.15, 0.2) is 0 Å². The number of hydrogen-bond acceptors (Lipinski definition) is 3. The number of hydrogen-bond donors (Lipinski definition) is 1. The topological polar surface area (TPSA) is 60.3 Å². The Bertz CT molecular complexity index is 1140. The minimum absolute atomic E-state index is 0.0633. The van der Waals surface area contributed by atoms with Crippen molar-refractivity contribution in [1.82, 2.24) is 9.88 Å². The molecule has 0 saturated carbocycles. The monoisotopic (exact) mass is 406 g/mol. The third kappa shape index (κ3) is 3.78. The van der Waals surface area contributed by atoms with Crippen LogP contribution in [0.5, 0.6) is 0 Å². The van der Waals surface area contributed by atoms with Gasteiger partial charge in [0, 0.05) is 31.4 Å². The fraction of sp³-hybridized carbons (Fsp3) is 0.250. The molecule has 0 bridgehead atoms. The molecule has 1 amide bonds. The number of fused-ring (bicyclic) bond motifs is 3. The largest absolute Gasteiger partial charge is 0.360 e. The Balaban J connectivity index is 1.94. The Hall–Kier alpha value is -3.25. The Labute approximate surface area is 174 Å². The molecule has 1 aromatic heterocycles. The van der Waals surface area contributed by atoms with E-state index in [1.807, 2.05) is 37.3 Å². The zero-order valence-corrected chi connectivity index (χ0v) is 16.9. The average Bonchev–Trinajstić information content (AvgIpc) is 2.84. The van der Waals surface area contributed by atoms with Crippen molar-refractivity contribution in [2.75, 3.05) is 6.54 Å². The van der Waals surface area contributed by atoms with Gasteiger partial charge in [0.1, 0.15) is 11.9 Å². The highest BCUT2D eigenvalue weighted by Crippen LogP contribution is 2.44. The number of aryl methyl sites for hydroxylation is 1. The third-order valence-corrected chi connectivity index (χ3v) is 5.34. The first-order chi connectivity index (χ1) is 14.5. The summed E-state index contributed by atoms with van der Waals surface area (Å²) >= 11 is 0. The van der Waals surface area contributed by atoms with Crippen molar-refractivity contribution in [1.29, 1.82) is 0 Å². The van der Waals surface area contributed by atoms with E-state index in [0.717, 1.165) is 16.7 Å². The maximum Gasteiger partial charge on any atom is 0.250 e. The maximum atomic E-state index is 14.3. The number of ether oxygens (including phenoxy) is 1. The summed E-state index contributed by atoms with van der Waals surface area (Å²) in [6.07, 6.45) is 0.564. The van der Waals surface area contributed by atoms with Crippen LogP contribution in [0.4, 0.5) is 4.39 Å². The number of amides is 1. The number of halogens is 1. The van der Waals surface area contributed by atoms with Crippen LogP contribution < -0.4 is 10.9 Å². The summed E-state index contributed by atoms with van der Waals surface area (Å²) in [7, 11) is 1.67. The van der Waals surface area contributed by atoms with Crippen molar-refractivity contribution < 1.29 is 13.9 Å². The molecule has 154 valence electrons. The molecule has 5 nitrogen and oxygen atoms in total. The Morgan fingerprint density at radius 3 is 2.60 bits per heavy atom. The molecule has 1 N–H and O–H groups in total. The Kier molecular flexibility index (Phi) is 5.50. The first-order valence-electron chi connectivity index (χ1n) is 9.95. The molecule has 6 heteroatoms.